The highest BCUT2D eigenvalue weighted by atomic mass is 16.5. The Kier molecular flexibility index (Phi) is 8.19. The van der Waals surface area contributed by atoms with Crippen LogP contribution in [0.15, 0.2) is 23.2 Å². The Labute approximate surface area is 157 Å². The molecule has 1 aromatic carbocycles. The van der Waals surface area contributed by atoms with E-state index in [0.717, 1.165) is 42.7 Å². The fourth-order valence-corrected chi connectivity index (χ4v) is 2.80. The van der Waals surface area contributed by atoms with E-state index in [-0.39, 0.29) is 0 Å². The standard InChI is InChI=1S/C20H33N3O3/c1-4-21-19(23-15-20(24)9-6-10-20)22-14-17-8-7-16(3)13-18(17)26-12-11-25-5-2/h7-8,13,24H,4-6,9-12,14-15H2,1-3H3,(H2,21,22,23). The number of aliphatic hydroxyl groups is 1. The monoisotopic (exact) mass is 363 g/mol. The first-order valence-corrected chi connectivity index (χ1v) is 9.61. The van der Waals surface area contributed by atoms with Gasteiger partial charge in [0.2, 0.25) is 0 Å². The van der Waals surface area contributed by atoms with Gasteiger partial charge in [-0.15, -0.1) is 0 Å². The van der Waals surface area contributed by atoms with Gasteiger partial charge in [-0.2, -0.15) is 0 Å². The van der Waals surface area contributed by atoms with Crippen molar-refractivity contribution in [3.63, 3.8) is 0 Å². The van der Waals surface area contributed by atoms with Crippen LogP contribution in [0.5, 0.6) is 5.75 Å². The van der Waals surface area contributed by atoms with Crippen molar-refractivity contribution in [1.82, 2.24) is 10.6 Å². The molecule has 0 spiro atoms. The Hall–Kier alpha value is -1.79. The number of ether oxygens (including phenoxy) is 2. The van der Waals surface area contributed by atoms with E-state index in [1.54, 1.807) is 0 Å². The molecule has 1 aliphatic carbocycles. The Bertz CT molecular complexity index is 586. The smallest absolute Gasteiger partial charge is 0.191 e. The molecule has 6 heteroatoms. The van der Waals surface area contributed by atoms with Gasteiger partial charge in [0, 0.05) is 25.3 Å². The summed E-state index contributed by atoms with van der Waals surface area (Å²) in [7, 11) is 0. The van der Waals surface area contributed by atoms with E-state index in [9.17, 15) is 5.11 Å². The van der Waals surface area contributed by atoms with Crippen molar-refractivity contribution in [2.75, 3.05) is 32.9 Å². The molecule has 0 aliphatic heterocycles. The van der Waals surface area contributed by atoms with Gasteiger partial charge >= 0.3 is 0 Å². The van der Waals surface area contributed by atoms with Gasteiger partial charge in [-0.1, -0.05) is 12.1 Å². The average Bonchev–Trinajstić information content (AvgIpc) is 2.60. The first kappa shape index (κ1) is 20.5. The summed E-state index contributed by atoms with van der Waals surface area (Å²) in [6, 6.07) is 6.16. The van der Waals surface area contributed by atoms with E-state index in [1.165, 1.54) is 0 Å². The van der Waals surface area contributed by atoms with Crippen molar-refractivity contribution in [1.29, 1.82) is 0 Å². The van der Waals surface area contributed by atoms with E-state index in [1.807, 2.05) is 26.8 Å². The van der Waals surface area contributed by atoms with Crippen LogP contribution >= 0.6 is 0 Å². The molecule has 2 rings (SSSR count). The molecule has 26 heavy (non-hydrogen) atoms. The molecule has 0 radical (unpaired) electrons. The van der Waals surface area contributed by atoms with E-state index in [4.69, 9.17) is 9.47 Å². The van der Waals surface area contributed by atoms with Gasteiger partial charge in [-0.3, -0.25) is 0 Å². The lowest BCUT2D eigenvalue weighted by atomic mass is 9.80. The number of nitrogens with zero attached hydrogens (tertiary/aromatic N) is 1. The third kappa shape index (κ3) is 6.50. The Morgan fingerprint density at radius 1 is 1.23 bits per heavy atom. The van der Waals surface area contributed by atoms with Crippen LogP contribution in [-0.4, -0.2) is 49.6 Å². The molecule has 146 valence electrons. The highest BCUT2D eigenvalue weighted by Gasteiger charge is 2.34. The molecule has 0 saturated heterocycles. The second kappa shape index (κ2) is 10.4. The number of aryl methyl sites for hydroxylation is 1. The summed E-state index contributed by atoms with van der Waals surface area (Å²) in [6.07, 6.45) is 2.81. The number of nitrogens with one attached hydrogen (secondary N) is 2. The van der Waals surface area contributed by atoms with Gasteiger partial charge in [-0.25, -0.2) is 4.99 Å². The van der Waals surface area contributed by atoms with Crippen molar-refractivity contribution < 1.29 is 14.6 Å². The van der Waals surface area contributed by atoms with Crippen LogP contribution < -0.4 is 15.4 Å². The molecule has 6 nitrogen and oxygen atoms in total. The lowest BCUT2D eigenvalue weighted by molar-refractivity contribution is -0.0279. The van der Waals surface area contributed by atoms with Crippen LogP contribution in [0.25, 0.3) is 0 Å². The first-order chi connectivity index (χ1) is 12.6. The molecule has 0 bridgehead atoms. The third-order valence-corrected chi connectivity index (χ3v) is 4.53. The summed E-state index contributed by atoms with van der Waals surface area (Å²) in [4.78, 5) is 4.65. The van der Waals surface area contributed by atoms with Crippen LogP contribution in [0.4, 0.5) is 0 Å². The summed E-state index contributed by atoms with van der Waals surface area (Å²) >= 11 is 0. The van der Waals surface area contributed by atoms with E-state index in [2.05, 4.69) is 27.8 Å². The van der Waals surface area contributed by atoms with Gasteiger partial charge in [0.15, 0.2) is 5.96 Å². The minimum atomic E-state index is -0.576. The molecular formula is C20H33N3O3. The van der Waals surface area contributed by atoms with Crippen LogP contribution in [0, 0.1) is 6.92 Å². The summed E-state index contributed by atoms with van der Waals surface area (Å²) in [6.45, 7) is 9.67. The molecule has 0 unspecified atom stereocenters. The molecule has 1 aromatic rings. The van der Waals surface area contributed by atoms with E-state index >= 15 is 0 Å². The Morgan fingerprint density at radius 3 is 2.69 bits per heavy atom. The minimum Gasteiger partial charge on any atom is -0.491 e. The van der Waals surface area contributed by atoms with Crippen molar-refractivity contribution in [3.8, 4) is 5.75 Å². The normalized spacial score (nSPS) is 16.1. The Morgan fingerprint density at radius 2 is 2.04 bits per heavy atom. The zero-order chi connectivity index (χ0) is 18.8. The molecule has 1 saturated carbocycles. The predicted octanol–water partition coefficient (Wildman–Crippen LogP) is 2.38. The van der Waals surface area contributed by atoms with Gasteiger partial charge in [-0.05, 0) is 51.7 Å². The van der Waals surface area contributed by atoms with Crippen molar-refractivity contribution in [2.45, 2.75) is 52.2 Å². The predicted molar refractivity (Wildman–Crippen MR) is 105 cm³/mol. The number of rotatable bonds is 10. The number of hydrogen-bond donors (Lipinski definition) is 3. The minimum absolute atomic E-state index is 0.512. The molecule has 0 atom stereocenters. The van der Waals surface area contributed by atoms with E-state index in [0.29, 0.717) is 38.9 Å². The maximum Gasteiger partial charge on any atom is 0.191 e. The van der Waals surface area contributed by atoms with Crippen LogP contribution in [0.1, 0.15) is 44.2 Å². The molecule has 0 heterocycles. The molecule has 0 aromatic heterocycles. The lowest BCUT2D eigenvalue weighted by Crippen LogP contribution is -2.50. The van der Waals surface area contributed by atoms with Crippen molar-refractivity contribution in [3.05, 3.63) is 29.3 Å². The number of aliphatic imine (C=N–C) groups is 1. The van der Waals surface area contributed by atoms with Crippen LogP contribution in [0.2, 0.25) is 0 Å². The molecule has 0 amide bonds. The first-order valence-electron chi connectivity index (χ1n) is 9.61. The number of benzene rings is 1. The highest BCUT2D eigenvalue weighted by molar-refractivity contribution is 5.79. The number of hydrogen-bond acceptors (Lipinski definition) is 4. The third-order valence-electron chi connectivity index (χ3n) is 4.53. The molecule has 3 N–H and O–H groups in total. The largest absolute Gasteiger partial charge is 0.491 e. The lowest BCUT2D eigenvalue weighted by Gasteiger charge is -2.37. The molecular weight excluding hydrogens is 330 g/mol. The fourth-order valence-electron chi connectivity index (χ4n) is 2.80. The summed E-state index contributed by atoms with van der Waals surface area (Å²) < 4.78 is 11.2. The topological polar surface area (TPSA) is 75.1 Å². The average molecular weight is 364 g/mol. The van der Waals surface area contributed by atoms with Gasteiger partial charge < -0.3 is 25.2 Å². The van der Waals surface area contributed by atoms with Gasteiger partial charge in [0.25, 0.3) is 0 Å². The number of guanidine groups is 1. The van der Waals surface area contributed by atoms with Crippen LogP contribution in [-0.2, 0) is 11.3 Å². The van der Waals surface area contributed by atoms with Crippen molar-refractivity contribution >= 4 is 5.96 Å². The van der Waals surface area contributed by atoms with E-state index < -0.39 is 5.60 Å². The fraction of sp³-hybridized carbons (Fsp3) is 0.650. The molecule has 1 aliphatic rings. The zero-order valence-corrected chi connectivity index (χ0v) is 16.3. The maximum absolute atomic E-state index is 10.3. The second-order valence-electron chi connectivity index (χ2n) is 6.78. The van der Waals surface area contributed by atoms with Gasteiger partial charge in [0.05, 0.1) is 18.8 Å². The maximum atomic E-state index is 10.3. The van der Waals surface area contributed by atoms with Crippen LogP contribution in [0.3, 0.4) is 0 Å². The highest BCUT2D eigenvalue weighted by Crippen LogP contribution is 2.30. The SMILES string of the molecule is CCNC(=NCc1ccc(C)cc1OCCOCC)NCC1(O)CCC1. The summed E-state index contributed by atoms with van der Waals surface area (Å²) in [5, 5.41) is 16.7. The van der Waals surface area contributed by atoms with Gasteiger partial charge in [0.1, 0.15) is 12.4 Å². The zero-order valence-electron chi connectivity index (χ0n) is 16.3. The second-order valence-corrected chi connectivity index (χ2v) is 6.78. The molecule has 1 fully saturated rings. The van der Waals surface area contributed by atoms with Crippen molar-refractivity contribution in [2.24, 2.45) is 4.99 Å². The summed E-state index contributed by atoms with van der Waals surface area (Å²) in [5.74, 6) is 1.57. The quantitative estimate of drug-likeness (QED) is 0.338. The summed E-state index contributed by atoms with van der Waals surface area (Å²) in [5.41, 5.74) is 1.61. The Balaban J connectivity index is 1.97.